The van der Waals surface area contributed by atoms with Crippen LogP contribution in [-0.2, 0) is 16.1 Å². The molecule has 27 heavy (non-hydrogen) atoms. The molecule has 0 bridgehead atoms. The lowest BCUT2D eigenvalue weighted by molar-refractivity contribution is -0.136. The van der Waals surface area contributed by atoms with E-state index < -0.39 is 17.6 Å². The molecule has 1 saturated heterocycles. The Hall–Kier alpha value is -2.80. The molecule has 1 aliphatic heterocycles. The van der Waals surface area contributed by atoms with Gasteiger partial charge in [-0.1, -0.05) is 6.07 Å². The molecule has 6 nitrogen and oxygen atoms in total. The number of rotatable bonds is 5. The topological polar surface area (TPSA) is 74.3 Å². The van der Waals surface area contributed by atoms with Gasteiger partial charge in [0.25, 0.3) is 0 Å². The second kappa shape index (κ2) is 9.23. The minimum absolute atomic E-state index is 0.359. The Morgan fingerprint density at radius 3 is 2.52 bits per heavy atom. The van der Waals surface area contributed by atoms with Gasteiger partial charge in [-0.25, -0.2) is 4.39 Å². The third-order valence-corrected chi connectivity index (χ3v) is 4.70. The van der Waals surface area contributed by atoms with E-state index in [9.17, 15) is 14.0 Å². The van der Waals surface area contributed by atoms with Crippen LogP contribution in [0, 0.1) is 11.7 Å². The largest absolute Gasteiger partial charge is 0.348 e. The third-order valence-electron chi connectivity index (χ3n) is 4.70. The zero-order valence-corrected chi connectivity index (χ0v) is 15.0. The van der Waals surface area contributed by atoms with Crippen molar-refractivity contribution in [2.24, 2.45) is 5.92 Å². The molecule has 1 aliphatic rings. The summed E-state index contributed by atoms with van der Waals surface area (Å²) in [5.74, 6) is -1.45. The van der Waals surface area contributed by atoms with E-state index in [4.69, 9.17) is 0 Å². The van der Waals surface area contributed by atoms with Gasteiger partial charge in [0.15, 0.2) is 0 Å². The maximum Gasteiger partial charge on any atom is 0.313 e. The first-order valence-corrected chi connectivity index (χ1v) is 9.06. The fourth-order valence-electron chi connectivity index (χ4n) is 3.14. The van der Waals surface area contributed by atoms with Crippen molar-refractivity contribution >= 4 is 17.5 Å². The molecular weight excluding hydrogens is 347 g/mol. The quantitative estimate of drug-likeness (QED) is 0.792. The van der Waals surface area contributed by atoms with Crippen molar-refractivity contribution in [1.29, 1.82) is 0 Å². The summed E-state index contributed by atoms with van der Waals surface area (Å²) in [6.07, 6.45) is 5.59. The Morgan fingerprint density at radius 2 is 1.85 bits per heavy atom. The van der Waals surface area contributed by atoms with Gasteiger partial charge >= 0.3 is 11.8 Å². The van der Waals surface area contributed by atoms with Crippen LogP contribution in [0.2, 0.25) is 0 Å². The summed E-state index contributed by atoms with van der Waals surface area (Å²) in [6, 6.07) is 9.30. The van der Waals surface area contributed by atoms with Gasteiger partial charge in [-0.2, -0.15) is 0 Å². The van der Waals surface area contributed by atoms with E-state index in [1.54, 1.807) is 6.20 Å². The normalized spacial score (nSPS) is 15.3. The van der Waals surface area contributed by atoms with Gasteiger partial charge in [-0.15, -0.1) is 0 Å². The zero-order valence-electron chi connectivity index (χ0n) is 15.0. The highest BCUT2D eigenvalue weighted by molar-refractivity contribution is 6.39. The Morgan fingerprint density at radius 1 is 1.11 bits per heavy atom. The number of carbonyl (C=O) groups excluding carboxylic acids is 2. The lowest BCUT2D eigenvalue weighted by Gasteiger charge is -2.31. The molecule has 7 heteroatoms. The van der Waals surface area contributed by atoms with Crippen LogP contribution in [0.1, 0.15) is 18.4 Å². The summed E-state index contributed by atoms with van der Waals surface area (Å²) >= 11 is 0. The van der Waals surface area contributed by atoms with E-state index in [1.165, 1.54) is 29.8 Å². The molecule has 0 spiro atoms. The van der Waals surface area contributed by atoms with E-state index in [2.05, 4.69) is 26.6 Å². The van der Waals surface area contributed by atoms with Crippen molar-refractivity contribution in [3.05, 3.63) is 60.2 Å². The Labute approximate surface area is 157 Å². The molecule has 2 N–H and O–H groups in total. The van der Waals surface area contributed by atoms with E-state index in [0.29, 0.717) is 18.2 Å². The molecule has 1 aromatic carbocycles. The average molecular weight is 370 g/mol. The average Bonchev–Trinajstić information content (AvgIpc) is 2.69. The van der Waals surface area contributed by atoms with Crippen LogP contribution in [-0.4, -0.2) is 41.3 Å². The summed E-state index contributed by atoms with van der Waals surface area (Å²) in [5.41, 5.74) is 1.59. The van der Waals surface area contributed by atoms with Crippen molar-refractivity contribution in [1.82, 2.24) is 15.2 Å². The molecule has 1 fully saturated rings. The number of carbonyl (C=O) groups is 2. The fourth-order valence-corrected chi connectivity index (χ4v) is 3.14. The monoisotopic (exact) mass is 370 g/mol. The number of anilines is 1. The number of benzene rings is 1. The van der Waals surface area contributed by atoms with E-state index >= 15 is 0 Å². The first kappa shape index (κ1) is 19.0. The number of pyridine rings is 1. The molecule has 0 radical (unpaired) electrons. The Bertz CT molecular complexity index is 759. The number of aromatic nitrogens is 1. The van der Waals surface area contributed by atoms with Gasteiger partial charge in [0, 0.05) is 31.2 Å². The molecule has 0 aliphatic carbocycles. The van der Waals surface area contributed by atoms with Crippen LogP contribution in [0.25, 0.3) is 0 Å². The maximum absolute atomic E-state index is 12.9. The Balaban J connectivity index is 1.37. The van der Waals surface area contributed by atoms with Gasteiger partial charge in [0.1, 0.15) is 5.82 Å². The second-order valence-corrected chi connectivity index (χ2v) is 6.75. The van der Waals surface area contributed by atoms with Crippen LogP contribution in [0.4, 0.5) is 10.1 Å². The number of nitrogens with zero attached hydrogens (tertiary/aromatic N) is 2. The SMILES string of the molecule is O=C(NCC1CCN(Cc2cccnc2)CC1)C(=O)Nc1ccc(F)cc1. The van der Waals surface area contributed by atoms with Gasteiger partial charge in [-0.05, 0) is 67.7 Å². The number of halogens is 1. The minimum atomic E-state index is -0.740. The number of amides is 2. The van der Waals surface area contributed by atoms with Crippen molar-refractivity contribution in [2.45, 2.75) is 19.4 Å². The first-order valence-electron chi connectivity index (χ1n) is 9.06. The summed E-state index contributed by atoms with van der Waals surface area (Å²) < 4.78 is 12.9. The number of hydrogen-bond acceptors (Lipinski definition) is 4. The molecular formula is C20H23FN4O2. The molecule has 1 aromatic heterocycles. The van der Waals surface area contributed by atoms with Crippen molar-refractivity contribution in [2.75, 3.05) is 25.0 Å². The standard InChI is InChI=1S/C20H23FN4O2/c21-17-3-5-18(6-4-17)24-20(27)19(26)23-13-15-7-10-25(11-8-15)14-16-2-1-9-22-12-16/h1-6,9,12,15H,7-8,10-11,13-14H2,(H,23,26)(H,24,27). The van der Waals surface area contributed by atoms with Gasteiger partial charge < -0.3 is 10.6 Å². The van der Waals surface area contributed by atoms with Crippen LogP contribution >= 0.6 is 0 Å². The van der Waals surface area contributed by atoms with E-state index in [0.717, 1.165) is 32.5 Å². The Kier molecular flexibility index (Phi) is 6.49. The molecule has 142 valence electrons. The molecule has 0 atom stereocenters. The second-order valence-electron chi connectivity index (χ2n) is 6.75. The lowest BCUT2D eigenvalue weighted by atomic mass is 9.96. The number of piperidine rings is 1. The molecule has 3 rings (SSSR count). The predicted molar refractivity (Wildman–Crippen MR) is 100 cm³/mol. The molecule has 2 heterocycles. The molecule has 0 unspecified atom stereocenters. The summed E-state index contributed by atoms with van der Waals surface area (Å²) in [4.78, 5) is 30.3. The van der Waals surface area contributed by atoms with E-state index in [1.807, 2.05) is 12.3 Å². The number of nitrogens with one attached hydrogen (secondary N) is 2. The highest BCUT2D eigenvalue weighted by atomic mass is 19.1. The predicted octanol–water partition coefficient (Wildman–Crippen LogP) is 2.19. The molecule has 2 amide bonds. The number of likely N-dealkylation sites (tertiary alicyclic amines) is 1. The first-order chi connectivity index (χ1) is 13.1. The maximum atomic E-state index is 12.9. The van der Waals surface area contributed by atoms with Crippen molar-refractivity contribution in [3.8, 4) is 0 Å². The highest BCUT2D eigenvalue weighted by Crippen LogP contribution is 2.18. The third kappa shape index (κ3) is 5.86. The van der Waals surface area contributed by atoms with Crippen LogP contribution < -0.4 is 10.6 Å². The van der Waals surface area contributed by atoms with Crippen LogP contribution in [0.3, 0.4) is 0 Å². The minimum Gasteiger partial charge on any atom is -0.348 e. The van der Waals surface area contributed by atoms with Gasteiger partial charge in [0.2, 0.25) is 0 Å². The molecule has 0 saturated carbocycles. The van der Waals surface area contributed by atoms with Crippen molar-refractivity contribution < 1.29 is 14.0 Å². The molecule has 2 aromatic rings. The lowest BCUT2D eigenvalue weighted by Crippen LogP contribution is -2.41. The summed E-state index contributed by atoms with van der Waals surface area (Å²) in [5, 5.41) is 5.15. The van der Waals surface area contributed by atoms with E-state index in [-0.39, 0.29) is 0 Å². The van der Waals surface area contributed by atoms with Gasteiger partial charge in [0.05, 0.1) is 0 Å². The summed E-state index contributed by atoms with van der Waals surface area (Å²) in [7, 11) is 0. The zero-order chi connectivity index (χ0) is 19.1. The van der Waals surface area contributed by atoms with Crippen LogP contribution in [0.5, 0.6) is 0 Å². The smallest absolute Gasteiger partial charge is 0.313 e. The van der Waals surface area contributed by atoms with Crippen molar-refractivity contribution in [3.63, 3.8) is 0 Å². The fraction of sp³-hybridized carbons (Fsp3) is 0.350. The van der Waals surface area contributed by atoms with Crippen LogP contribution in [0.15, 0.2) is 48.8 Å². The van der Waals surface area contributed by atoms with Gasteiger partial charge in [-0.3, -0.25) is 19.5 Å². The number of hydrogen-bond donors (Lipinski definition) is 2. The highest BCUT2D eigenvalue weighted by Gasteiger charge is 2.21. The summed E-state index contributed by atoms with van der Waals surface area (Å²) in [6.45, 7) is 3.28.